The summed E-state index contributed by atoms with van der Waals surface area (Å²) in [6.45, 7) is 6.32. The zero-order valence-corrected chi connectivity index (χ0v) is 17.3. The molecule has 2 aromatic heterocycles. The molecule has 0 radical (unpaired) electrons. The fraction of sp³-hybridized carbons (Fsp3) is 0.381. The summed E-state index contributed by atoms with van der Waals surface area (Å²) in [6, 6.07) is 5.91. The minimum atomic E-state index is 0.183. The molecule has 8 heteroatoms. The van der Waals surface area contributed by atoms with Gasteiger partial charge in [-0.2, -0.15) is 5.10 Å². The molecular formula is C21H28N8. The van der Waals surface area contributed by atoms with Crippen LogP contribution < -0.4 is 16.5 Å². The zero-order chi connectivity index (χ0) is 21.1. The normalized spacial score (nSPS) is 19.2. The Balaban J connectivity index is 1.80. The Morgan fingerprint density at radius 2 is 2.21 bits per heavy atom. The molecule has 2 atom stereocenters. The Morgan fingerprint density at radius 1 is 1.45 bits per heavy atom. The third kappa shape index (κ3) is 4.42. The molecule has 1 fully saturated rings. The van der Waals surface area contributed by atoms with Gasteiger partial charge in [-0.25, -0.2) is 9.67 Å². The summed E-state index contributed by atoms with van der Waals surface area (Å²) in [4.78, 5) is 8.79. The van der Waals surface area contributed by atoms with E-state index in [0.29, 0.717) is 17.3 Å². The van der Waals surface area contributed by atoms with Crippen LogP contribution in [-0.4, -0.2) is 39.9 Å². The molecule has 0 aromatic carbocycles. The van der Waals surface area contributed by atoms with Gasteiger partial charge in [0, 0.05) is 31.4 Å². The maximum absolute atomic E-state index is 8.07. The van der Waals surface area contributed by atoms with Crippen LogP contribution in [0.5, 0.6) is 0 Å². The first-order chi connectivity index (χ1) is 13.8. The van der Waals surface area contributed by atoms with E-state index >= 15 is 0 Å². The number of allylic oxidation sites excluding steroid dienone is 2. The van der Waals surface area contributed by atoms with Gasteiger partial charge in [-0.3, -0.25) is 15.8 Å². The van der Waals surface area contributed by atoms with E-state index in [4.69, 9.17) is 16.6 Å². The van der Waals surface area contributed by atoms with Gasteiger partial charge in [0.15, 0.2) is 5.49 Å². The number of pyridine rings is 1. The highest BCUT2D eigenvalue weighted by molar-refractivity contribution is 6.07. The average molecular weight is 393 g/mol. The molecule has 2 aromatic rings. The molecule has 1 aliphatic rings. The molecule has 5 N–H and O–H groups in total. The van der Waals surface area contributed by atoms with Gasteiger partial charge in [0.2, 0.25) is 0 Å². The molecule has 2 unspecified atom stereocenters. The Hall–Kier alpha value is -3.29. The van der Waals surface area contributed by atoms with E-state index in [-0.39, 0.29) is 17.2 Å². The van der Waals surface area contributed by atoms with Crippen LogP contribution in [0.15, 0.2) is 41.2 Å². The van der Waals surface area contributed by atoms with E-state index in [9.17, 15) is 0 Å². The van der Waals surface area contributed by atoms with Gasteiger partial charge in [0.25, 0.3) is 0 Å². The number of rotatable bonds is 6. The number of nitrogens with zero attached hydrogens (tertiary/aromatic N) is 4. The highest BCUT2D eigenvalue weighted by atomic mass is 15.3. The molecule has 0 spiro atoms. The largest absolute Gasteiger partial charge is 0.402 e. The Labute approximate surface area is 170 Å². The third-order valence-corrected chi connectivity index (χ3v) is 5.06. The first-order valence-corrected chi connectivity index (χ1v) is 9.70. The lowest BCUT2D eigenvalue weighted by Crippen LogP contribution is -2.31. The van der Waals surface area contributed by atoms with E-state index in [2.05, 4.69) is 26.5 Å². The summed E-state index contributed by atoms with van der Waals surface area (Å²) < 4.78 is 1.30. The monoisotopic (exact) mass is 392 g/mol. The Morgan fingerprint density at radius 3 is 2.79 bits per heavy atom. The van der Waals surface area contributed by atoms with Gasteiger partial charge in [-0.15, -0.1) is 0 Å². The minimum Gasteiger partial charge on any atom is -0.402 e. The van der Waals surface area contributed by atoms with E-state index in [1.165, 1.54) is 10.2 Å². The van der Waals surface area contributed by atoms with Gasteiger partial charge >= 0.3 is 0 Å². The van der Waals surface area contributed by atoms with Crippen molar-refractivity contribution in [3.05, 3.63) is 58.5 Å². The molecule has 0 saturated heterocycles. The number of hydrogen-bond donors (Lipinski definition) is 4. The summed E-state index contributed by atoms with van der Waals surface area (Å²) in [5, 5.41) is 23.5. The number of aryl methyl sites for hydroxylation is 1. The van der Waals surface area contributed by atoms with Gasteiger partial charge in [-0.1, -0.05) is 6.07 Å². The van der Waals surface area contributed by atoms with Crippen LogP contribution in [0.25, 0.3) is 0 Å². The van der Waals surface area contributed by atoms with Crippen molar-refractivity contribution >= 4 is 17.4 Å². The highest BCUT2D eigenvalue weighted by Gasteiger charge is 2.40. The molecule has 0 bridgehead atoms. The van der Waals surface area contributed by atoms with Crippen molar-refractivity contribution in [1.29, 1.82) is 10.8 Å². The van der Waals surface area contributed by atoms with Crippen molar-refractivity contribution < 1.29 is 0 Å². The van der Waals surface area contributed by atoms with Gasteiger partial charge < -0.3 is 11.1 Å². The molecule has 2 heterocycles. The maximum atomic E-state index is 8.07. The van der Waals surface area contributed by atoms with Crippen molar-refractivity contribution in [3.63, 3.8) is 0 Å². The molecule has 1 aliphatic carbocycles. The second-order valence-corrected chi connectivity index (χ2v) is 7.27. The van der Waals surface area contributed by atoms with Crippen LogP contribution in [0.2, 0.25) is 0 Å². The predicted octanol–water partition coefficient (Wildman–Crippen LogP) is 2.41. The van der Waals surface area contributed by atoms with Gasteiger partial charge in [-0.05, 0) is 62.4 Å². The maximum Gasteiger partial charge on any atom is 0.151 e. The Bertz CT molecular complexity index is 1030. The summed E-state index contributed by atoms with van der Waals surface area (Å²) >= 11 is 0. The highest BCUT2D eigenvalue weighted by Crippen LogP contribution is 2.50. The molecule has 0 amide bonds. The molecule has 1 saturated carbocycles. The number of aromatic nitrogens is 3. The lowest BCUT2D eigenvalue weighted by atomic mass is 10.1. The molecule has 29 heavy (non-hydrogen) atoms. The van der Waals surface area contributed by atoms with E-state index in [1.54, 1.807) is 14.0 Å². The van der Waals surface area contributed by atoms with Crippen molar-refractivity contribution in [1.82, 2.24) is 14.8 Å². The number of anilines is 1. The molecule has 0 aliphatic heterocycles. The lowest BCUT2D eigenvalue weighted by Gasteiger charge is -2.10. The SMILES string of the molecule is CCNc1ccc(C2CC2/C(N)=C/C(=NC)c2cc(C)c(=N)n(C(C)=N)n2)cn1. The quantitative estimate of drug-likeness (QED) is 0.444. The first kappa shape index (κ1) is 20.4. The van der Waals surface area contributed by atoms with Crippen LogP contribution in [-0.2, 0) is 0 Å². The second kappa shape index (κ2) is 8.38. The predicted molar refractivity (Wildman–Crippen MR) is 116 cm³/mol. The standard InChI is InChI=1S/C21H28N8/c1-5-26-20-7-6-14(11-27-20)15-9-16(15)17(23)10-18(25-4)19-8-12(2)21(24)29(28-19)13(3)22/h6-8,10-11,15-16,22,24H,5,9,23H2,1-4H3,(H,26,27)/b17-10-,22-13?,24-21?,25-18?. The number of hydrogen-bond acceptors (Lipinski definition) is 7. The summed E-state index contributed by atoms with van der Waals surface area (Å²) in [5.41, 5.74) is 10.5. The average Bonchev–Trinajstić information content (AvgIpc) is 3.49. The molecule has 8 nitrogen and oxygen atoms in total. The number of nitrogens with one attached hydrogen (secondary N) is 3. The summed E-state index contributed by atoms with van der Waals surface area (Å²) in [6.07, 6.45) is 4.76. The van der Waals surface area contributed by atoms with Crippen molar-refractivity contribution in [2.75, 3.05) is 18.9 Å². The smallest absolute Gasteiger partial charge is 0.151 e. The fourth-order valence-electron chi connectivity index (χ4n) is 3.36. The summed E-state index contributed by atoms with van der Waals surface area (Å²) in [7, 11) is 1.69. The number of nitrogens with two attached hydrogens (primary N) is 1. The van der Waals surface area contributed by atoms with Crippen molar-refractivity contribution in [2.45, 2.75) is 33.1 Å². The van der Waals surface area contributed by atoms with Gasteiger partial charge in [0.1, 0.15) is 17.3 Å². The zero-order valence-electron chi connectivity index (χ0n) is 17.3. The lowest BCUT2D eigenvalue weighted by molar-refractivity contribution is 0.787. The Kier molecular flexibility index (Phi) is 5.91. The van der Waals surface area contributed by atoms with Crippen LogP contribution in [0, 0.1) is 23.7 Å². The third-order valence-electron chi connectivity index (χ3n) is 5.06. The molecular weight excluding hydrogens is 364 g/mol. The van der Waals surface area contributed by atoms with E-state index in [1.807, 2.05) is 38.3 Å². The van der Waals surface area contributed by atoms with Crippen molar-refractivity contribution in [3.8, 4) is 0 Å². The van der Waals surface area contributed by atoms with E-state index < -0.39 is 0 Å². The number of aliphatic imine (C=N–C) groups is 1. The van der Waals surface area contributed by atoms with Gasteiger partial charge in [0.05, 0.1) is 5.71 Å². The second-order valence-electron chi connectivity index (χ2n) is 7.27. The van der Waals surface area contributed by atoms with Crippen LogP contribution in [0.4, 0.5) is 5.82 Å². The first-order valence-electron chi connectivity index (χ1n) is 9.70. The summed E-state index contributed by atoms with van der Waals surface area (Å²) in [5.74, 6) is 1.69. The van der Waals surface area contributed by atoms with E-state index in [0.717, 1.165) is 30.0 Å². The topological polar surface area (TPSA) is 129 Å². The molecule has 152 valence electrons. The van der Waals surface area contributed by atoms with Crippen LogP contribution in [0.3, 0.4) is 0 Å². The van der Waals surface area contributed by atoms with Crippen LogP contribution in [0.1, 0.15) is 43.0 Å². The fourth-order valence-corrected chi connectivity index (χ4v) is 3.36. The van der Waals surface area contributed by atoms with Crippen LogP contribution >= 0.6 is 0 Å². The minimum absolute atomic E-state index is 0.183. The molecule has 3 rings (SSSR count). The van der Waals surface area contributed by atoms with Crippen molar-refractivity contribution in [2.24, 2.45) is 16.6 Å².